The van der Waals surface area contributed by atoms with Gasteiger partial charge in [0.25, 0.3) is 0 Å². The zero-order chi connectivity index (χ0) is 23.8. The molecule has 0 aliphatic carbocycles. The summed E-state index contributed by atoms with van der Waals surface area (Å²) in [4.78, 5) is 32.0. The smallest absolute Gasteiger partial charge is 0.239 e. The number of piperidine rings is 1. The van der Waals surface area contributed by atoms with Crippen LogP contribution in [0.1, 0.15) is 30.9 Å². The van der Waals surface area contributed by atoms with Crippen molar-refractivity contribution in [3.63, 3.8) is 0 Å². The molecular weight excluding hydrogens is 424 g/mol. The molecule has 4 rings (SSSR count). The second-order valence-electron chi connectivity index (χ2n) is 9.71. The van der Waals surface area contributed by atoms with Gasteiger partial charge in [0.05, 0.1) is 12.6 Å². The summed E-state index contributed by atoms with van der Waals surface area (Å²) in [5.74, 6) is 0.977. The van der Waals surface area contributed by atoms with Crippen LogP contribution >= 0.6 is 0 Å². The van der Waals surface area contributed by atoms with Gasteiger partial charge in [-0.05, 0) is 43.2 Å². The minimum Gasteiger partial charge on any atom is -0.351 e. The molecule has 2 aliphatic rings. The number of rotatable bonds is 8. The maximum atomic E-state index is 13.1. The first-order valence-electron chi connectivity index (χ1n) is 12.7. The van der Waals surface area contributed by atoms with Crippen LogP contribution in [0, 0.1) is 5.92 Å². The highest BCUT2D eigenvalue weighted by Crippen LogP contribution is 2.23. The van der Waals surface area contributed by atoms with Crippen LogP contribution < -0.4 is 5.32 Å². The van der Waals surface area contributed by atoms with Crippen LogP contribution in [0.15, 0.2) is 60.7 Å². The molecule has 182 valence electrons. The number of carbonyl (C=O) groups is 2. The molecule has 1 N–H and O–H groups in total. The summed E-state index contributed by atoms with van der Waals surface area (Å²) in [6.07, 6.45) is 3.28. The molecule has 0 radical (unpaired) electrons. The van der Waals surface area contributed by atoms with Gasteiger partial charge in [-0.25, -0.2) is 0 Å². The highest BCUT2D eigenvalue weighted by molar-refractivity contribution is 5.81. The number of nitrogens with one attached hydrogen (secondary N) is 1. The second-order valence-corrected chi connectivity index (χ2v) is 9.71. The number of amides is 2. The van der Waals surface area contributed by atoms with E-state index in [1.807, 2.05) is 37.3 Å². The van der Waals surface area contributed by atoms with E-state index in [2.05, 4.69) is 50.3 Å². The quantitative estimate of drug-likeness (QED) is 0.656. The van der Waals surface area contributed by atoms with E-state index < -0.39 is 0 Å². The predicted molar refractivity (Wildman–Crippen MR) is 135 cm³/mol. The first-order valence-corrected chi connectivity index (χ1v) is 12.7. The molecule has 0 aromatic heterocycles. The Morgan fingerprint density at radius 2 is 1.44 bits per heavy atom. The highest BCUT2D eigenvalue weighted by atomic mass is 16.2. The third-order valence-electron chi connectivity index (χ3n) is 7.31. The molecule has 0 spiro atoms. The Morgan fingerprint density at radius 3 is 2.06 bits per heavy atom. The fourth-order valence-corrected chi connectivity index (χ4v) is 5.09. The topological polar surface area (TPSA) is 55.9 Å². The summed E-state index contributed by atoms with van der Waals surface area (Å²) in [6.45, 7) is 8.02. The van der Waals surface area contributed by atoms with Crippen molar-refractivity contribution in [3.05, 3.63) is 71.8 Å². The fraction of sp³-hybridized carbons (Fsp3) is 0.500. The number of benzene rings is 2. The van der Waals surface area contributed by atoms with Crippen LogP contribution in [-0.4, -0.2) is 78.4 Å². The molecule has 34 heavy (non-hydrogen) atoms. The van der Waals surface area contributed by atoms with Crippen LogP contribution in [0.25, 0.3) is 0 Å². The number of carbonyl (C=O) groups excluding carboxylic acids is 2. The van der Waals surface area contributed by atoms with E-state index in [0.29, 0.717) is 19.0 Å². The largest absolute Gasteiger partial charge is 0.351 e. The predicted octanol–water partition coefficient (Wildman–Crippen LogP) is 2.79. The molecule has 0 bridgehead atoms. The van der Waals surface area contributed by atoms with E-state index in [9.17, 15) is 9.59 Å². The van der Waals surface area contributed by atoms with Crippen molar-refractivity contribution in [3.8, 4) is 0 Å². The second kappa shape index (κ2) is 12.1. The third-order valence-corrected chi connectivity index (χ3v) is 7.31. The first-order chi connectivity index (χ1) is 16.6. The third kappa shape index (κ3) is 6.90. The van der Waals surface area contributed by atoms with Gasteiger partial charge >= 0.3 is 0 Å². The maximum Gasteiger partial charge on any atom is 0.239 e. The summed E-state index contributed by atoms with van der Waals surface area (Å²) in [6, 6.07) is 20.5. The van der Waals surface area contributed by atoms with Gasteiger partial charge in [0.2, 0.25) is 11.8 Å². The number of hydrogen-bond donors (Lipinski definition) is 1. The Labute approximate surface area is 203 Å². The maximum absolute atomic E-state index is 13.1. The lowest BCUT2D eigenvalue weighted by Gasteiger charge is -2.40. The summed E-state index contributed by atoms with van der Waals surface area (Å²) in [5, 5.41) is 3.01. The molecule has 0 saturated carbocycles. The highest BCUT2D eigenvalue weighted by Gasteiger charge is 2.31. The van der Waals surface area contributed by atoms with Gasteiger partial charge in [-0.15, -0.1) is 0 Å². The Kier molecular flexibility index (Phi) is 8.72. The molecule has 2 aromatic carbocycles. The molecule has 2 amide bonds. The average Bonchev–Trinajstić information content (AvgIpc) is 2.89. The fourth-order valence-electron chi connectivity index (χ4n) is 5.09. The molecule has 1 unspecified atom stereocenters. The Morgan fingerprint density at radius 1 is 0.853 bits per heavy atom. The summed E-state index contributed by atoms with van der Waals surface area (Å²) in [7, 11) is 0. The molecular formula is C28H38N4O2. The molecule has 2 fully saturated rings. The lowest BCUT2D eigenvalue weighted by molar-refractivity contribution is -0.139. The van der Waals surface area contributed by atoms with E-state index in [1.165, 1.54) is 5.56 Å². The van der Waals surface area contributed by atoms with Crippen molar-refractivity contribution < 1.29 is 9.59 Å². The van der Waals surface area contributed by atoms with E-state index in [0.717, 1.165) is 64.1 Å². The number of piperazine rings is 1. The van der Waals surface area contributed by atoms with Crippen LogP contribution in [0.3, 0.4) is 0 Å². The Bertz CT molecular complexity index is 905. The minimum absolute atomic E-state index is 0.0554. The van der Waals surface area contributed by atoms with Crippen molar-refractivity contribution in [1.82, 2.24) is 20.0 Å². The zero-order valence-corrected chi connectivity index (χ0v) is 20.4. The lowest BCUT2D eigenvalue weighted by Crippen LogP contribution is -2.56. The number of nitrogens with zero attached hydrogens (tertiary/aromatic N) is 3. The van der Waals surface area contributed by atoms with E-state index in [1.54, 1.807) is 0 Å². The van der Waals surface area contributed by atoms with Crippen molar-refractivity contribution in [2.45, 2.75) is 38.8 Å². The molecule has 6 heteroatoms. The van der Waals surface area contributed by atoms with Crippen molar-refractivity contribution in [2.24, 2.45) is 5.92 Å². The molecule has 2 heterocycles. The van der Waals surface area contributed by atoms with Gasteiger partial charge in [0.15, 0.2) is 0 Å². The average molecular weight is 463 g/mol. The molecule has 2 aromatic rings. The van der Waals surface area contributed by atoms with Gasteiger partial charge in [-0.1, -0.05) is 60.7 Å². The molecule has 2 saturated heterocycles. The van der Waals surface area contributed by atoms with Gasteiger partial charge < -0.3 is 10.2 Å². The number of hydrogen-bond acceptors (Lipinski definition) is 4. The molecule has 2 aliphatic heterocycles. The van der Waals surface area contributed by atoms with E-state index in [4.69, 9.17) is 0 Å². The molecule has 6 nitrogen and oxygen atoms in total. The first kappa shape index (κ1) is 24.4. The van der Waals surface area contributed by atoms with Crippen LogP contribution in [0.5, 0.6) is 0 Å². The Hall–Kier alpha value is -2.70. The normalized spacial score (nSPS) is 19.0. The van der Waals surface area contributed by atoms with E-state index in [-0.39, 0.29) is 17.9 Å². The summed E-state index contributed by atoms with van der Waals surface area (Å²) >= 11 is 0. The minimum atomic E-state index is -0.0975. The monoisotopic (exact) mass is 462 g/mol. The van der Waals surface area contributed by atoms with Crippen molar-refractivity contribution in [2.75, 3.05) is 45.8 Å². The van der Waals surface area contributed by atoms with Gasteiger partial charge in [-0.3, -0.25) is 19.4 Å². The molecule has 1 atom stereocenters. The summed E-state index contributed by atoms with van der Waals surface area (Å²) in [5.41, 5.74) is 2.50. The lowest BCUT2D eigenvalue weighted by atomic mass is 9.90. The van der Waals surface area contributed by atoms with E-state index >= 15 is 0 Å². The van der Waals surface area contributed by atoms with Crippen molar-refractivity contribution >= 4 is 11.8 Å². The SMILES string of the molecule is CC(C(=O)N1CCC(Cc2ccccc2)CC1)N1CCN(CC(=O)NCc2ccccc2)CC1. The summed E-state index contributed by atoms with van der Waals surface area (Å²) < 4.78 is 0. The van der Waals surface area contributed by atoms with Crippen molar-refractivity contribution in [1.29, 1.82) is 0 Å². The van der Waals surface area contributed by atoms with Crippen LogP contribution in [0.2, 0.25) is 0 Å². The van der Waals surface area contributed by atoms with Crippen LogP contribution in [0.4, 0.5) is 0 Å². The van der Waals surface area contributed by atoms with Crippen LogP contribution in [-0.2, 0) is 22.6 Å². The van der Waals surface area contributed by atoms with Gasteiger partial charge in [0, 0.05) is 45.8 Å². The standard InChI is InChI=1S/C28H38N4O2/c1-23(28(34)32-14-12-25(13-15-32)20-24-8-4-2-5-9-24)31-18-16-30(17-19-31)22-27(33)29-21-26-10-6-3-7-11-26/h2-11,23,25H,12-22H2,1H3,(H,29,33). The number of likely N-dealkylation sites (tertiary alicyclic amines) is 1. The van der Waals surface area contributed by atoms with Gasteiger partial charge in [-0.2, -0.15) is 0 Å². The van der Waals surface area contributed by atoms with Gasteiger partial charge in [0.1, 0.15) is 0 Å². The Balaban J connectivity index is 1.15. The zero-order valence-electron chi connectivity index (χ0n) is 20.4.